The van der Waals surface area contributed by atoms with E-state index in [4.69, 9.17) is 4.74 Å². The van der Waals surface area contributed by atoms with E-state index in [-0.39, 0.29) is 17.4 Å². The van der Waals surface area contributed by atoms with Gasteiger partial charge in [0.1, 0.15) is 6.61 Å². The van der Waals surface area contributed by atoms with E-state index in [0.29, 0.717) is 13.2 Å². The van der Waals surface area contributed by atoms with Gasteiger partial charge in [-0.25, -0.2) is 8.42 Å². The lowest BCUT2D eigenvalue weighted by Crippen LogP contribution is -2.32. The van der Waals surface area contributed by atoms with E-state index < -0.39 is 9.84 Å². The highest BCUT2D eigenvalue weighted by molar-refractivity contribution is 7.90. The molecule has 1 heterocycles. The fourth-order valence-electron chi connectivity index (χ4n) is 3.52. The van der Waals surface area contributed by atoms with Crippen molar-refractivity contribution in [3.8, 4) is 11.1 Å². The molecule has 0 atom stereocenters. The first-order valence-corrected chi connectivity index (χ1v) is 11.2. The van der Waals surface area contributed by atoms with Crippen molar-refractivity contribution in [3.63, 3.8) is 0 Å². The number of carbonyl (C=O) groups excluding carboxylic acids is 1. The highest BCUT2D eigenvalue weighted by atomic mass is 32.2. The largest absolute Gasteiger partial charge is 0.367 e. The number of amides is 1. The van der Waals surface area contributed by atoms with E-state index in [9.17, 15) is 13.2 Å². The molecule has 0 N–H and O–H groups in total. The Morgan fingerprint density at radius 2 is 1.62 bits per heavy atom. The van der Waals surface area contributed by atoms with Gasteiger partial charge in [0.05, 0.1) is 23.7 Å². The maximum atomic E-state index is 12.7. The summed E-state index contributed by atoms with van der Waals surface area (Å²) in [6.07, 6.45) is 1.19. The number of hydrogen-bond donors (Lipinski definition) is 0. The number of sulfone groups is 1. The molecule has 5 nitrogen and oxygen atoms in total. The third-order valence-electron chi connectivity index (χ3n) is 4.99. The number of anilines is 1. The summed E-state index contributed by atoms with van der Waals surface area (Å²) in [6, 6.07) is 22.4. The average molecular weight is 407 g/mol. The van der Waals surface area contributed by atoms with Crippen molar-refractivity contribution in [1.29, 1.82) is 0 Å². The van der Waals surface area contributed by atoms with Gasteiger partial charge in [-0.2, -0.15) is 0 Å². The fraction of sp³-hybridized carbons (Fsp3) is 0.174. The summed E-state index contributed by atoms with van der Waals surface area (Å²) >= 11 is 0. The second kappa shape index (κ2) is 7.81. The summed E-state index contributed by atoms with van der Waals surface area (Å²) in [5.74, 6) is -0.0859. The number of benzene rings is 3. The van der Waals surface area contributed by atoms with Crippen molar-refractivity contribution in [3.05, 3.63) is 83.9 Å². The fourth-order valence-corrected chi connectivity index (χ4v) is 4.15. The molecule has 3 aromatic rings. The molecule has 1 aliphatic rings. The average Bonchev–Trinajstić information content (AvgIpc) is 2.87. The molecule has 1 amide bonds. The molecular formula is C23H21NO4S. The molecule has 1 aliphatic heterocycles. The number of ether oxygens (including phenoxy) is 1. The second-order valence-electron chi connectivity index (χ2n) is 7.06. The minimum absolute atomic E-state index is 0.0218. The van der Waals surface area contributed by atoms with E-state index in [1.54, 1.807) is 29.2 Å². The zero-order chi connectivity index (χ0) is 20.4. The summed E-state index contributed by atoms with van der Waals surface area (Å²) in [5, 5.41) is 0. The van der Waals surface area contributed by atoms with Crippen LogP contribution in [0.1, 0.15) is 11.1 Å². The molecule has 0 spiro atoms. The summed E-state index contributed by atoms with van der Waals surface area (Å²) in [4.78, 5) is 14.8. The van der Waals surface area contributed by atoms with Gasteiger partial charge in [0, 0.05) is 11.8 Å². The monoisotopic (exact) mass is 407 g/mol. The van der Waals surface area contributed by atoms with Gasteiger partial charge in [-0.05, 0) is 34.9 Å². The quantitative estimate of drug-likeness (QED) is 0.660. The number of fused-ring (bicyclic) bond motifs is 1. The van der Waals surface area contributed by atoms with Crippen molar-refractivity contribution in [2.24, 2.45) is 0 Å². The van der Waals surface area contributed by atoms with Gasteiger partial charge in [-0.15, -0.1) is 0 Å². The minimum atomic E-state index is -3.25. The lowest BCUT2D eigenvalue weighted by atomic mass is 9.98. The molecule has 0 bridgehead atoms. The molecule has 6 heteroatoms. The van der Waals surface area contributed by atoms with Crippen LogP contribution >= 0.6 is 0 Å². The molecule has 0 saturated carbocycles. The van der Waals surface area contributed by atoms with Gasteiger partial charge < -0.3 is 9.64 Å². The van der Waals surface area contributed by atoms with Gasteiger partial charge in [-0.1, -0.05) is 54.6 Å². The van der Waals surface area contributed by atoms with Crippen molar-refractivity contribution >= 4 is 21.4 Å². The SMILES string of the molecule is CS(=O)(=O)c1ccc(-c2cccc3c2COCC(=O)N3Cc2ccccc2)cc1. The van der Waals surface area contributed by atoms with Crippen molar-refractivity contribution in [2.75, 3.05) is 17.8 Å². The van der Waals surface area contributed by atoms with Crippen LogP contribution in [0.5, 0.6) is 0 Å². The zero-order valence-corrected chi connectivity index (χ0v) is 16.9. The lowest BCUT2D eigenvalue weighted by molar-refractivity contribution is -0.123. The third kappa shape index (κ3) is 4.09. The van der Waals surface area contributed by atoms with E-state index in [2.05, 4.69) is 0 Å². The molecule has 148 valence electrons. The molecular weight excluding hydrogens is 386 g/mol. The summed E-state index contributed by atoms with van der Waals surface area (Å²) in [5.41, 5.74) is 4.58. The van der Waals surface area contributed by atoms with Gasteiger partial charge in [0.15, 0.2) is 9.84 Å². The van der Waals surface area contributed by atoms with Crippen LogP contribution in [0.25, 0.3) is 11.1 Å². The Morgan fingerprint density at radius 1 is 0.897 bits per heavy atom. The molecule has 0 saturated heterocycles. The molecule has 29 heavy (non-hydrogen) atoms. The Kier molecular flexibility index (Phi) is 5.22. The van der Waals surface area contributed by atoms with E-state index in [0.717, 1.165) is 27.9 Å². The molecule has 0 unspecified atom stereocenters. The first-order chi connectivity index (χ1) is 13.9. The molecule has 0 fully saturated rings. The number of nitrogens with zero attached hydrogens (tertiary/aromatic N) is 1. The van der Waals surface area contributed by atoms with Crippen LogP contribution in [0.4, 0.5) is 5.69 Å². The molecule has 4 rings (SSSR count). The van der Waals surface area contributed by atoms with Crippen molar-refractivity contribution in [1.82, 2.24) is 0 Å². The Morgan fingerprint density at radius 3 is 2.31 bits per heavy atom. The molecule has 0 aromatic heterocycles. The Bertz CT molecular complexity index is 1140. The highest BCUT2D eigenvalue weighted by Gasteiger charge is 2.25. The number of carbonyl (C=O) groups is 1. The zero-order valence-electron chi connectivity index (χ0n) is 16.0. The number of hydrogen-bond acceptors (Lipinski definition) is 4. The van der Waals surface area contributed by atoms with Crippen LogP contribution < -0.4 is 4.90 Å². The van der Waals surface area contributed by atoms with Gasteiger partial charge >= 0.3 is 0 Å². The predicted molar refractivity (Wildman–Crippen MR) is 112 cm³/mol. The van der Waals surface area contributed by atoms with Crippen molar-refractivity contribution < 1.29 is 17.9 Å². The smallest absolute Gasteiger partial charge is 0.253 e. The van der Waals surface area contributed by atoms with Gasteiger partial charge in [0.2, 0.25) is 0 Å². The van der Waals surface area contributed by atoms with E-state index in [1.165, 1.54) is 6.26 Å². The van der Waals surface area contributed by atoms with Crippen LogP contribution in [0.3, 0.4) is 0 Å². The predicted octanol–water partition coefficient (Wildman–Crippen LogP) is 3.82. The molecule has 0 aliphatic carbocycles. The maximum absolute atomic E-state index is 12.7. The first-order valence-electron chi connectivity index (χ1n) is 9.28. The van der Waals surface area contributed by atoms with Gasteiger partial charge in [-0.3, -0.25) is 4.79 Å². The topological polar surface area (TPSA) is 63.7 Å². The van der Waals surface area contributed by atoms with E-state index >= 15 is 0 Å². The Balaban J connectivity index is 1.77. The van der Waals surface area contributed by atoms with Crippen LogP contribution in [-0.2, 0) is 32.5 Å². The van der Waals surface area contributed by atoms with Crippen molar-refractivity contribution in [2.45, 2.75) is 18.0 Å². The lowest BCUT2D eigenvalue weighted by Gasteiger charge is -2.24. The highest BCUT2D eigenvalue weighted by Crippen LogP contribution is 2.35. The van der Waals surface area contributed by atoms with Crippen LogP contribution in [-0.4, -0.2) is 27.2 Å². The molecule has 0 radical (unpaired) electrons. The summed E-state index contributed by atoms with van der Waals surface area (Å²) in [6.45, 7) is 0.802. The minimum Gasteiger partial charge on any atom is -0.367 e. The van der Waals surface area contributed by atoms with Crippen LogP contribution in [0.2, 0.25) is 0 Å². The maximum Gasteiger partial charge on any atom is 0.253 e. The normalized spacial score (nSPS) is 14.4. The van der Waals surface area contributed by atoms with E-state index in [1.807, 2.05) is 48.5 Å². The second-order valence-corrected chi connectivity index (χ2v) is 9.07. The Labute approximate surface area is 170 Å². The summed E-state index contributed by atoms with van der Waals surface area (Å²) in [7, 11) is -3.25. The molecule has 3 aromatic carbocycles. The first kappa shape index (κ1) is 19.4. The van der Waals surface area contributed by atoms with Crippen LogP contribution in [0, 0.1) is 0 Å². The third-order valence-corrected chi connectivity index (χ3v) is 6.12. The standard InChI is InChI=1S/C23H21NO4S/c1-29(26,27)19-12-10-18(11-13-19)20-8-5-9-22-21(20)15-28-16-23(25)24(22)14-17-6-3-2-4-7-17/h2-13H,14-16H2,1H3. The van der Waals surface area contributed by atoms with Crippen LogP contribution in [0.15, 0.2) is 77.7 Å². The Hall–Kier alpha value is -2.96. The van der Waals surface area contributed by atoms with Gasteiger partial charge in [0.25, 0.3) is 5.91 Å². The number of rotatable bonds is 4. The summed E-state index contributed by atoms with van der Waals surface area (Å²) < 4.78 is 29.1.